The zero-order valence-electron chi connectivity index (χ0n) is 19.0. The van der Waals surface area contributed by atoms with Gasteiger partial charge in [0.15, 0.2) is 5.78 Å². The number of alkyl halides is 3. The monoisotopic (exact) mass is 504 g/mol. The van der Waals surface area contributed by atoms with Crippen LogP contribution in [0.25, 0.3) is 16.6 Å². The average molecular weight is 505 g/mol. The molecule has 5 nitrogen and oxygen atoms in total. The number of ketones is 1. The number of pyridine rings is 1. The highest BCUT2D eigenvalue weighted by Gasteiger charge is 2.39. The molecule has 0 saturated heterocycles. The number of hydrogen-bond acceptors (Lipinski definition) is 5. The minimum atomic E-state index is -4.23. The van der Waals surface area contributed by atoms with Gasteiger partial charge in [0.1, 0.15) is 11.5 Å². The Morgan fingerprint density at radius 2 is 2.00 bits per heavy atom. The van der Waals surface area contributed by atoms with E-state index in [0.29, 0.717) is 28.7 Å². The van der Waals surface area contributed by atoms with Crippen molar-refractivity contribution in [2.75, 3.05) is 11.8 Å². The predicted octanol–water partition coefficient (Wildman–Crippen LogP) is 6.47. The van der Waals surface area contributed by atoms with Crippen molar-refractivity contribution in [1.29, 1.82) is 0 Å². The zero-order chi connectivity index (χ0) is 25.2. The van der Waals surface area contributed by atoms with Crippen LogP contribution in [0.4, 0.5) is 23.2 Å². The van der Waals surface area contributed by atoms with Gasteiger partial charge in [-0.3, -0.25) is 4.79 Å². The number of carbonyl (C=O) groups is 1. The number of fused-ring (bicyclic) bond motifs is 1. The van der Waals surface area contributed by atoms with E-state index in [9.17, 15) is 22.4 Å². The molecule has 2 unspecified atom stereocenters. The molecular weight excluding hydrogens is 480 g/mol. The Hall–Kier alpha value is -3.27. The third kappa shape index (κ3) is 5.53. The van der Waals surface area contributed by atoms with E-state index in [0.717, 1.165) is 11.1 Å². The van der Waals surface area contributed by atoms with E-state index in [2.05, 4.69) is 20.0 Å². The van der Waals surface area contributed by atoms with Crippen molar-refractivity contribution in [2.45, 2.75) is 31.2 Å². The number of H-pyrrole nitrogens is 1. The molecule has 1 aliphatic rings. The topological polar surface area (TPSA) is 69.8 Å². The van der Waals surface area contributed by atoms with Crippen molar-refractivity contribution >= 4 is 40.0 Å². The summed E-state index contributed by atoms with van der Waals surface area (Å²) in [6, 6.07) is 5.93. The third-order valence-corrected chi connectivity index (χ3v) is 6.92. The van der Waals surface area contributed by atoms with Crippen LogP contribution < -0.4 is 10.0 Å². The van der Waals surface area contributed by atoms with Gasteiger partial charge in [-0.1, -0.05) is 12.2 Å². The molecule has 4 rings (SSSR count). The summed E-state index contributed by atoms with van der Waals surface area (Å²) in [7, 11) is 1.78. The van der Waals surface area contributed by atoms with Crippen LogP contribution in [0.2, 0.25) is 0 Å². The van der Waals surface area contributed by atoms with E-state index in [1.165, 1.54) is 48.5 Å². The molecule has 3 N–H and O–H groups in total. The molecule has 0 aliphatic heterocycles. The van der Waals surface area contributed by atoms with Gasteiger partial charge in [0, 0.05) is 41.3 Å². The lowest BCUT2D eigenvalue weighted by atomic mass is 9.95. The van der Waals surface area contributed by atoms with Crippen molar-refractivity contribution in [3.63, 3.8) is 0 Å². The second-order valence-electron chi connectivity index (χ2n) is 8.33. The van der Waals surface area contributed by atoms with Crippen LogP contribution >= 0.6 is 11.9 Å². The second kappa shape index (κ2) is 10.2. The smallest absolute Gasteiger partial charge is 0.394 e. The number of anilines is 1. The maximum absolute atomic E-state index is 14.7. The number of hydrogen-bond donors (Lipinski definition) is 3. The highest BCUT2D eigenvalue weighted by Crippen LogP contribution is 2.37. The first-order valence-corrected chi connectivity index (χ1v) is 11.9. The minimum Gasteiger partial charge on any atom is -0.394 e. The van der Waals surface area contributed by atoms with Gasteiger partial charge in [0.05, 0.1) is 11.5 Å². The number of benzene rings is 1. The van der Waals surface area contributed by atoms with Crippen LogP contribution in [0, 0.1) is 11.7 Å². The Kier molecular flexibility index (Phi) is 7.20. The van der Waals surface area contributed by atoms with Crippen molar-refractivity contribution < 1.29 is 22.4 Å². The third-order valence-electron chi connectivity index (χ3n) is 5.87. The Labute approximate surface area is 204 Å². The predicted molar refractivity (Wildman–Crippen MR) is 132 cm³/mol. The molecule has 0 saturated carbocycles. The van der Waals surface area contributed by atoms with Crippen molar-refractivity contribution in [3.05, 3.63) is 77.5 Å². The van der Waals surface area contributed by atoms with Crippen molar-refractivity contribution in [1.82, 2.24) is 15.3 Å². The summed E-state index contributed by atoms with van der Waals surface area (Å²) in [6.45, 7) is 1.91. The summed E-state index contributed by atoms with van der Waals surface area (Å²) in [4.78, 5) is 20.6. The van der Waals surface area contributed by atoms with E-state index in [1.807, 2.05) is 19.2 Å². The summed E-state index contributed by atoms with van der Waals surface area (Å²) in [5.41, 5.74) is 2.93. The second-order valence-corrected chi connectivity index (χ2v) is 9.38. The van der Waals surface area contributed by atoms with Gasteiger partial charge in [0.2, 0.25) is 0 Å². The number of nitrogens with one attached hydrogen (secondary N) is 3. The highest BCUT2D eigenvalue weighted by atomic mass is 32.2. The molecule has 184 valence electrons. The SMILES string of the molecule is CN/C=C(\C)c1cnc2[nH]cc(C(=O)c3cc(NSC4C=CC(C(F)(F)F)CC4)ccc3F)c2c1. The van der Waals surface area contributed by atoms with Crippen LogP contribution in [0.1, 0.15) is 41.3 Å². The van der Waals surface area contributed by atoms with Gasteiger partial charge in [0.25, 0.3) is 0 Å². The summed E-state index contributed by atoms with van der Waals surface area (Å²) >= 11 is 1.23. The lowest BCUT2D eigenvalue weighted by Gasteiger charge is -2.24. The maximum atomic E-state index is 14.7. The molecule has 0 fully saturated rings. The van der Waals surface area contributed by atoms with Crippen LogP contribution in [0.5, 0.6) is 0 Å². The Bertz CT molecular complexity index is 1300. The standard InChI is InChI=1S/C25H24F4N4OS/c1-14(11-30-2)15-9-19-21(13-32-24(19)31-12-15)23(34)20-10-17(5-8-22(20)26)33-35-18-6-3-16(4-7-18)25(27,28)29/h3,5-6,8-13,16,18,30,33H,4,7H2,1-2H3,(H,31,32)/b14-11+. The summed E-state index contributed by atoms with van der Waals surface area (Å²) in [5, 5.41) is 3.37. The van der Waals surface area contributed by atoms with Crippen LogP contribution in [0.15, 0.2) is 55.0 Å². The Morgan fingerprint density at radius 3 is 2.69 bits per heavy atom. The number of allylic oxidation sites excluding steroid dienone is 2. The number of halogens is 4. The fourth-order valence-corrected chi connectivity index (χ4v) is 4.76. The Morgan fingerprint density at radius 1 is 1.20 bits per heavy atom. The fourth-order valence-electron chi connectivity index (χ4n) is 3.92. The highest BCUT2D eigenvalue weighted by molar-refractivity contribution is 8.01. The summed E-state index contributed by atoms with van der Waals surface area (Å²) < 4.78 is 56.2. The largest absolute Gasteiger partial charge is 0.395 e. The first kappa shape index (κ1) is 24.8. The quantitative estimate of drug-likeness (QED) is 0.149. The molecule has 0 amide bonds. The van der Waals surface area contributed by atoms with E-state index >= 15 is 0 Å². The molecule has 2 aromatic heterocycles. The number of nitrogens with zero attached hydrogens (tertiary/aromatic N) is 1. The van der Waals surface area contributed by atoms with Gasteiger partial charge in [-0.05, 0) is 73.3 Å². The molecule has 0 bridgehead atoms. The molecular formula is C25H24F4N4OS. The average Bonchev–Trinajstić information content (AvgIpc) is 3.26. The van der Waals surface area contributed by atoms with Gasteiger partial charge >= 0.3 is 6.18 Å². The van der Waals surface area contributed by atoms with Crippen LogP contribution in [0.3, 0.4) is 0 Å². The lowest BCUT2D eigenvalue weighted by Crippen LogP contribution is -2.25. The Balaban J connectivity index is 1.53. The lowest BCUT2D eigenvalue weighted by molar-refractivity contribution is -0.163. The van der Waals surface area contributed by atoms with E-state index in [4.69, 9.17) is 0 Å². The summed E-state index contributed by atoms with van der Waals surface area (Å²) in [5.74, 6) is -2.58. The molecule has 35 heavy (non-hydrogen) atoms. The molecule has 1 aromatic carbocycles. The number of aromatic nitrogens is 2. The molecule has 10 heteroatoms. The van der Waals surface area contributed by atoms with Crippen molar-refractivity contribution in [3.8, 4) is 0 Å². The fraction of sp³-hybridized carbons (Fsp3) is 0.280. The van der Waals surface area contributed by atoms with Crippen LogP contribution in [-0.2, 0) is 0 Å². The molecule has 3 aromatic rings. The van der Waals surface area contributed by atoms with E-state index < -0.39 is 23.7 Å². The van der Waals surface area contributed by atoms with E-state index in [-0.39, 0.29) is 17.2 Å². The van der Waals surface area contributed by atoms with Gasteiger partial charge in [-0.2, -0.15) is 13.2 Å². The van der Waals surface area contributed by atoms with Gasteiger partial charge < -0.3 is 15.0 Å². The molecule has 0 spiro atoms. The van der Waals surface area contributed by atoms with Crippen LogP contribution in [-0.4, -0.2) is 34.2 Å². The van der Waals surface area contributed by atoms with Gasteiger partial charge in [-0.15, -0.1) is 0 Å². The molecule has 2 heterocycles. The first-order valence-electron chi connectivity index (χ1n) is 11.0. The van der Waals surface area contributed by atoms with Crippen molar-refractivity contribution in [2.24, 2.45) is 5.92 Å². The number of rotatable bonds is 7. The first-order chi connectivity index (χ1) is 16.7. The maximum Gasteiger partial charge on any atom is 0.395 e. The molecule has 2 atom stereocenters. The number of aromatic amines is 1. The normalized spacial score (nSPS) is 18.6. The summed E-state index contributed by atoms with van der Waals surface area (Å²) in [6.07, 6.45) is 3.89. The van der Waals surface area contributed by atoms with E-state index in [1.54, 1.807) is 13.2 Å². The zero-order valence-corrected chi connectivity index (χ0v) is 19.9. The number of carbonyl (C=O) groups excluding carboxylic acids is 1. The molecule has 0 radical (unpaired) electrons. The molecule has 1 aliphatic carbocycles. The minimum absolute atomic E-state index is 0.0199. The van der Waals surface area contributed by atoms with Gasteiger partial charge in [-0.25, -0.2) is 9.37 Å².